The molecule has 0 aliphatic rings. The van der Waals surface area contributed by atoms with E-state index < -0.39 is 0 Å². The summed E-state index contributed by atoms with van der Waals surface area (Å²) in [6, 6.07) is 5.66. The Morgan fingerprint density at radius 3 is 3.14 bits per heavy atom. The predicted molar refractivity (Wildman–Crippen MR) is 88.0 cm³/mol. The third kappa shape index (κ3) is 2.17. The van der Waals surface area contributed by atoms with Gasteiger partial charge in [-0.1, -0.05) is 11.6 Å². The predicted octanol–water partition coefficient (Wildman–Crippen LogP) is 4.76. The van der Waals surface area contributed by atoms with Crippen LogP contribution in [0.1, 0.15) is 5.69 Å². The number of fused-ring (bicyclic) bond motifs is 1. The molecule has 0 aromatic carbocycles. The Morgan fingerprint density at radius 2 is 2.32 bits per heavy atom. The second-order valence-corrected chi connectivity index (χ2v) is 6.06. The number of rotatable bonds is 3. The van der Waals surface area contributed by atoms with Crippen LogP contribution in [0.3, 0.4) is 0 Å². The lowest BCUT2D eigenvalue weighted by molar-refractivity contribution is 0.586. The summed E-state index contributed by atoms with van der Waals surface area (Å²) in [6.45, 7) is 1.96. The van der Waals surface area contributed by atoms with Crippen LogP contribution in [0.25, 0.3) is 16.9 Å². The van der Waals surface area contributed by atoms with Gasteiger partial charge in [-0.2, -0.15) is 0 Å². The van der Waals surface area contributed by atoms with Gasteiger partial charge in [0.1, 0.15) is 6.26 Å². The van der Waals surface area contributed by atoms with Gasteiger partial charge in [0.2, 0.25) is 0 Å². The molecule has 5 nitrogen and oxygen atoms in total. The average Bonchev–Trinajstić information content (AvgIpc) is 3.20. The number of furan rings is 1. The van der Waals surface area contributed by atoms with Gasteiger partial charge >= 0.3 is 0 Å². The zero-order chi connectivity index (χ0) is 15.1. The van der Waals surface area contributed by atoms with Crippen molar-refractivity contribution in [3.63, 3.8) is 0 Å². The van der Waals surface area contributed by atoms with Crippen LogP contribution in [0.5, 0.6) is 0 Å². The fraction of sp³-hybridized carbons (Fsp3) is 0.0667. The second kappa shape index (κ2) is 5.15. The molecule has 0 aliphatic carbocycles. The van der Waals surface area contributed by atoms with Gasteiger partial charge in [-0.25, -0.2) is 9.97 Å². The number of imidazole rings is 1. The van der Waals surface area contributed by atoms with E-state index in [1.807, 2.05) is 41.1 Å². The lowest BCUT2D eigenvalue weighted by Crippen LogP contribution is -1.88. The summed E-state index contributed by atoms with van der Waals surface area (Å²) in [6.07, 6.45) is 5.39. The van der Waals surface area contributed by atoms with Crippen molar-refractivity contribution in [3.05, 3.63) is 53.0 Å². The molecule has 0 amide bonds. The number of anilines is 2. The van der Waals surface area contributed by atoms with E-state index in [-0.39, 0.29) is 0 Å². The summed E-state index contributed by atoms with van der Waals surface area (Å²) < 4.78 is 7.55. The van der Waals surface area contributed by atoms with E-state index in [4.69, 9.17) is 16.0 Å². The van der Waals surface area contributed by atoms with Crippen molar-refractivity contribution < 1.29 is 4.42 Å². The largest absolute Gasteiger partial charge is 0.448 e. The number of halogens is 1. The Labute approximate surface area is 135 Å². The number of hydrogen-bond acceptors (Lipinski definition) is 5. The molecule has 0 fully saturated rings. The Hall–Kier alpha value is -2.31. The number of aromatic nitrogens is 3. The average molecular weight is 331 g/mol. The highest BCUT2D eigenvalue weighted by Crippen LogP contribution is 2.31. The maximum absolute atomic E-state index is 6.20. The Bertz CT molecular complexity index is 942. The first-order chi connectivity index (χ1) is 10.7. The van der Waals surface area contributed by atoms with Crippen molar-refractivity contribution in [2.24, 2.45) is 0 Å². The molecule has 0 unspecified atom stereocenters. The summed E-state index contributed by atoms with van der Waals surface area (Å²) in [5.74, 6) is 0.640. The van der Waals surface area contributed by atoms with Crippen molar-refractivity contribution in [1.29, 1.82) is 0 Å². The van der Waals surface area contributed by atoms with Crippen molar-refractivity contribution >= 4 is 39.6 Å². The van der Waals surface area contributed by atoms with Crippen molar-refractivity contribution in [1.82, 2.24) is 14.4 Å². The first kappa shape index (κ1) is 13.4. The number of nitrogens with zero attached hydrogens (tertiary/aromatic N) is 3. The lowest BCUT2D eigenvalue weighted by atomic mass is 10.2. The Kier molecular flexibility index (Phi) is 3.13. The van der Waals surface area contributed by atoms with E-state index in [2.05, 4.69) is 15.3 Å². The first-order valence-electron chi connectivity index (χ1n) is 6.61. The lowest BCUT2D eigenvalue weighted by Gasteiger charge is -2.00. The van der Waals surface area contributed by atoms with Gasteiger partial charge in [0.25, 0.3) is 0 Å². The molecule has 4 rings (SSSR count). The van der Waals surface area contributed by atoms with Gasteiger partial charge in [-0.3, -0.25) is 4.40 Å². The van der Waals surface area contributed by atoms with E-state index in [1.165, 1.54) is 11.3 Å². The van der Waals surface area contributed by atoms with E-state index in [0.717, 1.165) is 27.7 Å². The molecule has 0 saturated heterocycles. The molecule has 4 aromatic heterocycles. The standard InChI is InChI=1S/C15H11ClN4OS/c1-9-13(20-5-2-3-11(16)14(20)18-9)10-7-12(21-8-10)19-15-17-4-6-22-15/h2-8H,1H3,(H,17,19). The summed E-state index contributed by atoms with van der Waals surface area (Å²) in [5, 5.41) is 6.45. The van der Waals surface area contributed by atoms with E-state index >= 15 is 0 Å². The van der Waals surface area contributed by atoms with Crippen molar-refractivity contribution in [3.8, 4) is 11.3 Å². The van der Waals surface area contributed by atoms with Crippen LogP contribution in [0.2, 0.25) is 5.02 Å². The van der Waals surface area contributed by atoms with Crippen LogP contribution in [-0.2, 0) is 0 Å². The van der Waals surface area contributed by atoms with Crippen LogP contribution < -0.4 is 5.32 Å². The number of pyridine rings is 1. The van der Waals surface area contributed by atoms with Gasteiger partial charge in [0.05, 0.1) is 16.4 Å². The first-order valence-corrected chi connectivity index (χ1v) is 7.87. The quantitative estimate of drug-likeness (QED) is 0.588. The van der Waals surface area contributed by atoms with Gasteiger partial charge in [-0.15, -0.1) is 11.3 Å². The van der Waals surface area contributed by atoms with Crippen LogP contribution >= 0.6 is 22.9 Å². The molecule has 0 aliphatic heterocycles. The minimum Gasteiger partial charge on any atom is -0.448 e. The zero-order valence-corrected chi connectivity index (χ0v) is 13.1. The smallest absolute Gasteiger partial charge is 0.199 e. The monoisotopic (exact) mass is 330 g/mol. The number of thiazole rings is 1. The fourth-order valence-electron chi connectivity index (χ4n) is 2.41. The van der Waals surface area contributed by atoms with Crippen molar-refractivity contribution in [2.45, 2.75) is 6.92 Å². The molecule has 4 heterocycles. The zero-order valence-electron chi connectivity index (χ0n) is 11.6. The number of hydrogen-bond donors (Lipinski definition) is 1. The molecule has 0 saturated carbocycles. The second-order valence-electron chi connectivity index (χ2n) is 4.76. The van der Waals surface area contributed by atoms with Crippen LogP contribution in [0.15, 0.2) is 46.7 Å². The summed E-state index contributed by atoms with van der Waals surface area (Å²) in [7, 11) is 0. The molecular weight excluding hydrogens is 320 g/mol. The highest BCUT2D eigenvalue weighted by atomic mass is 35.5. The molecule has 0 radical (unpaired) electrons. The third-order valence-electron chi connectivity index (χ3n) is 3.31. The molecule has 0 spiro atoms. The third-order valence-corrected chi connectivity index (χ3v) is 4.30. The van der Waals surface area contributed by atoms with Crippen LogP contribution in [0, 0.1) is 6.92 Å². The topological polar surface area (TPSA) is 55.4 Å². The molecule has 1 N–H and O–H groups in total. The van der Waals surface area contributed by atoms with Gasteiger partial charge < -0.3 is 9.73 Å². The Balaban J connectivity index is 1.78. The summed E-state index contributed by atoms with van der Waals surface area (Å²) in [4.78, 5) is 8.71. The SMILES string of the molecule is Cc1nc2c(Cl)cccn2c1-c1coc(Nc2nccs2)c1. The number of aryl methyl sites for hydroxylation is 1. The normalized spacial score (nSPS) is 11.2. The molecule has 0 atom stereocenters. The van der Waals surface area contributed by atoms with Gasteiger partial charge in [-0.05, 0) is 19.1 Å². The summed E-state index contributed by atoms with van der Waals surface area (Å²) in [5.41, 5.74) is 3.54. The van der Waals surface area contributed by atoms with E-state index in [9.17, 15) is 0 Å². The molecule has 4 aromatic rings. The minimum atomic E-state index is 0.626. The highest BCUT2D eigenvalue weighted by molar-refractivity contribution is 7.13. The molecule has 22 heavy (non-hydrogen) atoms. The van der Waals surface area contributed by atoms with Gasteiger partial charge in [0, 0.05) is 29.4 Å². The maximum Gasteiger partial charge on any atom is 0.199 e. The van der Waals surface area contributed by atoms with Gasteiger partial charge in [0.15, 0.2) is 16.7 Å². The van der Waals surface area contributed by atoms with E-state index in [1.54, 1.807) is 12.5 Å². The minimum absolute atomic E-state index is 0.626. The molecule has 110 valence electrons. The molecule has 0 bridgehead atoms. The Morgan fingerprint density at radius 1 is 1.41 bits per heavy atom. The van der Waals surface area contributed by atoms with Crippen LogP contribution in [0.4, 0.5) is 11.0 Å². The highest BCUT2D eigenvalue weighted by Gasteiger charge is 2.15. The van der Waals surface area contributed by atoms with E-state index in [0.29, 0.717) is 10.9 Å². The maximum atomic E-state index is 6.20. The molecule has 7 heteroatoms. The fourth-order valence-corrected chi connectivity index (χ4v) is 3.15. The van der Waals surface area contributed by atoms with Crippen molar-refractivity contribution in [2.75, 3.05) is 5.32 Å². The number of nitrogens with one attached hydrogen (secondary N) is 1. The van der Waals surface area contributed by atoms with Crippen LogP contribution in [-0.4, -0.2) is 14.4 Å². The summed E-state index contributed by atoms with van der Waals surface area (Å²) >= 11 is 7.72. The molecular formula is C15H11ClN4OS.